The Morgan fingerprint density at radius 2 is 2.03 bits per heavy atom. The van der Waals surface area contributed by atoms with Gasteiger partial charge < -0.3 is 20.1 Å². The van der Waals surface area contributed by atoms with Gasteiger partial charge in [0.25, 0.3) is 5.56 Å². The van der Waals surface area contributed by atoms with Crippen LogP contribution in [-0.4, -0.2) is 50.7 Å². The number of aryl methyl sites for hydroxylation is 1. The highest BCUT2D eigenvalue weighted by Gasteiger charge is 2.29. The molecule has 2 atom stereocenters. The molecule has 14 heteroatoms. The standard InChI is InChI=1S/C19H24N5O8P/c1-12-3-5-13(6-4-12)14(9-15(25)29-2)32-33(27,28)31-8-7-30-11-24-10-21-16-17(24)22-19(20)23-18(16)26/h3-6,10,14H,7-9,11H2,1-2H3,(H,27,28)(H3,20,22,23,26). The molecule has 0 fully saturated rings. The summed E-state index contributed by atoms with van der Waals surface area (Å²) in [6.07, 6.45) is 0.0425. The topological polar surface area (TPSA) is 181 Å². The number of methoxy groups -OCH3 is 1. The Morgan fingerprint density at radius 3 is 2.73 bits per heavy atom. The van der Waals surface area contributed by atoms with Gasteiger partial charge in [0, 0.05) is 0 Å². The molecule has 33 heavy (non-hydrogen) atoms. The third-order valence-corrected chi connectivity index (χ3v) is 5.52. The van der Waals surface area contributed by atoms with E-state index in [1.807, 2.05) is 6.92 Å². The number of nitrogens with one attached hydrogen (secondary N) is 1. The van der Waals surface area contributed by atoms with Gasteiger partial charge >= 0.3 is 13.8 Å². The number of ether oxygens (including phenoxy) is 2. The molecule has 0 bridgehead atoms. The van der Waals surface area contributed by atoms with Crippen LogP contribution < -0.4 is 11.3 Å². The molecule has 0 aliphatic rings. The van der Waals surface area contributed by atoms with Gasteiger partial charge in [-0.3, -0.25) is 28.2 Å². The number of benzene rings is 1. The summed E-state index contributed by atoms with van der Waals surface area (Å²) < 4.78 is 34.1. The summed E-state index contributed by atoms with van der Waals surface area (Å²) in [7, 11) is -3.31. The number of phosphoric ester groups is 1. The normalized spacial score (nSPS) is 14.2. The first-order chi connectivity index (χ1) is 15.7. The number of imidazole rings is 1. The Bertz CT molecular complexity index is 1210. The van der Waals surface area contributed by atoms with Gasteiger partial charge in [-0.25, -0.2) is 9.55 Å². The zero-order valence-electron chi connectivity index (χ0n) is 18.0. The maximum Gasteiger partial charge on any atom is 0.472 e. The number of H-pyrrole nitrogens is 1. The van der Waals surface area contributed by atoms with E-state index in [0.29, 0.717) is 5.56 Å². The maximum atomic E-state index is 12.4. The maximum absolute atomic E-state index is 12.4. The van der Waals surface area contributed by atoms with Gasteiger partial charge in [0.15, 0.2) is 11.2 Å². The van der Waals surface area contributed by atoms with Crippen LogP contribution in [0.15, 0.2) is 35.4 Å². The number of fused-ring (bicyclic) bond motifs is 1. The minimum Gasteiger partial charge on any atom is -0.469 e. The highest BCUT2D eigenvalue weighted by Crippen LogP contribution is 2.48. The van der Waals surface area contributed by atoms with Crippen LogP contribution in [0.4, 0.5) is 5.95 Å². The van der Waals surface area contributed by atoms with Gasteiger partial charge in [-0.15, -0.1) is 0 Å². The Morgan fingerprint density at radius 1 is 1.30 bits per heavy atom. The van der Waals surface area contributed by atoms with E-state index < -0.39 is 25.5 Å². The van der Waals surface area contributed by atoms with Gasteiger partial charge in [0.2, 0.25) is 5.95 Å². The molecular formula is C19H24N5O8P. The molecule has 0 spiro atoms. The van der Waals surface area contributed by atoms with Crippen molar-refractivity contribution in [2.24, 2.45) is 0 Å². The summed E-state index contributed by atoms with van der Waals surface area (Å²) >= 11 is 0. The quantitative estimate of drug-likeness (QED) is 0.205. The van der Waals surface area contributed by atoms with Gasteiger partial charge in [0.05, 0.1) is 33.1 Å². The minimum atomic E-state index is -4.53. The number of aromatic amines is 1. The van der Waals surface area contributed by atoms with Crippen LogP contribution in [-0.2, 0) is 34.6 Å². The van der Waals surface area contributed by atoms with Crippen LogP contribution in [0.5, 0.6) is 0 Å². The van der Waals surface area contributed by atoms with Crippen LogP contribution in [0.25, 0.3) is 11.2 Å². The average molecular weight is 481 g/mol. The number of anilines is 1. The number of aromatic nitrogens is 4. The molecule has 2 heterocycles. The van der Waals surface area contributed by atoms with Crippen LogP contribution in [0.1, 0.15) is 23.7 Å². The van der Waals surface area contributed by atoms with Gasteiger partial charge in [0.1, 0.15) is 12.8 Å². The molecule has 0 amide bonds. The Kier molecular flexibility index (Phi) is 7.95. The molecule has 0 aliphatic heterocycles. The van der Waals surface area contributed by atoms with E-state index in [-0.39, 0.29) is 43.5 Å². The third-order valence-electron chi connectivity index (χ3n) is 4.49. The Labute approximate surface area is 188 Å². The number of carbonyl (C=O) groups is 1. The van der Waals surface area contributed by atoms with Crippen molar-refractivity contribution in [3.05, 3.63) is 52.1 Å². The zero-order valence-corrected chi connectivity index (χ0v) is 18.9. The second kappa shape index (κ2) is 10.7. The first kappa shape index (κ1) is 24.6. The summed E-state index contributed by atoms with van der Waals surface area (Å²) in [6, 6.07) is 6.95. The fourth-order valence-corrected chi connectivity index (χ4v) is 3.75. The molecule has 0 saturated heterocycles. The number of nitrogens with two attached hydrogens (primary N) is 1. The van der Waals surface area contributed by atoms with Crippen LogP contribution in [0.3, 0.4) is 0 Å². The highest BCUT2D eigenvalue weighted by atomic mass is 31.2. The van der Waals surface area contributed by atoms with E-state index in [9.17, 15) is 19.0 Å². The lowest BCUT2D eigenvalue weighted by Crippen LogP contribution is -2.14. The summed E-state index contributed by atoms with van der Waals surface area (Å²) in [6.45, 7) is 1.46. The molecule has 3 aromatic rings. The predicted octanol–water partition coefficient (Wildman–Crippen LogP) is 1.42. The van der Waals surface area contributed by atoms with Crippen molar-refractivity contribution in [2.45, 2.75) is 26.2 Å². The van der Waals surface area contributed by atoms with Crippen molar-refractivity contribution in [1.82, 2.24) is 19.5 Å². The number of nitrogens with zero attached hydrogens (tertiary/aromatic N) is 3. The molecule has 3 rings (SSSR count). The van der Waals surface area contributed by atoms with E-state index in [0.717, 1.165) is 5.56 Å². The minimum absolute atomic E-state index is 0.0549. The lowest BCUT2D eigenvalue weighted by Gasteiger charge is -2.20. The van der Waals surface area contributed by atoms with E-state index in [2.05, 4.69) is 19.7 Å². The van der Waals surface area contributed by atoms with Gasteiger partial charge in [-0.2, -0.15) is 4.98 Å². The lowest BCUT2D eigenvalue weighted by atomic mass is 10.1. The number of phosphoric acid groups is 1. The lowest BCUT2D eigenvalue weighted by molar-refractivity contribution is -0.142. The van der Waals surface area contributed by atoms with Crippen molar-refractivity contribution in [2.75, 3.05) is 26.1 Å². The van der Waals surface area contributed by atoms with Crippen molar-refractivity contribution in [1.29, 1.82) is 0 Å². The van der Waals surface area contributed by atoms with Crippen LogP contribution in [0, 0.1) is 6.92 Å². The van der Waals surface area contributed by atoms with Gasteiger partial charge in [-0.1, -0.05) is 29.8 Å². The van der Waals surface area contributed by atoms with E-state index in [4.69, 9.17) is 19.5 Å². The van der Waals surface area contributed by atoms with Crippen LogP contribution in [0.2, 0.25) is 0 Å². The second-order valence-electron chi connectivity index (χ2n) is 6.96. The number of hydrogen-bond donors (Lipinski definition) is 3. The number of nitrogen functional groups attached to an aromatic ring is 1. The van der Waals surface area contributed by atoms with Gasteiger partial charge in [-0.05, 0) is 12.5 Å². The molecule has 1 aromatic carbocycles. The summed E-state index contributed by atoms with van der Waals surface area (Å²) in [5.74, 6) is -0.671. The SMILES string of the molecule is COC(=O)CC(OP(=O)(O)OCCOCn1cnc2c(=O)[nH]c(N)nc21)c1ccc(C)cc1. The molecule has 0 aliphatic carbocycles. The number of rotatable bonds is 11. The third kappa shape index (κ3) is 6.70. The predicted molar refractivity (Wildman–Crippen MR) is 116 cm³/mol. The molecule has 2 unspecified atom stereocenters. The largest absolute Gasteiger partial charge is 0.472 e. The highest BCUT2D eigenvalue weighted by molar-refractivity contribution is 7.47. The van der Waals surface area contributed by atoms with E-state index >= 15 is 0 Å². The number of esters is 1. The van der Waals surface area contributed by atoms with Crippen LogP contribution >= 0.6 is 7.82 Å². The number of hydrogen-bond acceptors (Lipinski definition) is 10. The molecule has 13 nitrogen and oxygen atoms in total. The monoisotopic (exact) mass is 481 g/mol. The Hall–Kier alpha value is -3.09. The van der Waals surface area contributed by atoms with Crippen molar-refractivity contribution < 1.29 is 32.8 Å². The zero-order chi connectivity index (χ0) is 24.0. The molecule has 2 aromatic heterocycles. The Balaban J connectivity index is 1.54. The molecule has 4 N–H and O–H groups in total. The molecule has 178 valence electrons. The molecular weight excluding hydrogens is 457 g/mol. The summed E-state index contributed by atoms with van der Waals surface area (Å²) in [5, 5.41) is 0. The fourth-order valence-electron chi connectivity index (χ4n) is 2.86. The van der Waals surface area contributed by atoms with E-state index in [1.54, 1.807) is 24.3 Å². The second-order valence-corrected chi connectivity index (χ2v) is 8.37. The van der Waals surface area contributed by atoms with Crippen molar-refractivity contribution in [3.8, 4) is 0 Å². The molecule has 0 saturated carbocycles. The van der Waals surface area contributed by atoms with Crippen molar-refractivity contribution in [3.63, 3.8) is 0 Å². The van der Waals surface area contributed by atoms with Crippen molar-refractivity contribution >= 4 is 30.9 Å². The summed E-state index contributed by atoms with van der Waals surface area (Å²) in [4.78, 5) is 43.9. The fraction of sp³-hybridized carbons (Fsp3) is 0.368. The number of carbonyl (C=O) groups excluding carboxylic acids is 1. The summed E-state index contributed by atoms with van der Waals surface area (Å²) in [5.41, 5.74) is 6.89. The first-order valence-electron chi connectivity index (χ1n) is 9.76. The average Bonchev–Trinajstić information content (AvgIpc) is 3.16. The molecule has 0 radical (unpaired) electrons. The smallest absolute Gasteiger partial charge is 0.469 e. The first-order valence-corrected chi connectivity index (χ1v) is 11.3. The van der Waals surface area contributed by atoms with E-state index in [1.165, 1.54) is 18.0 Å².